The maximum Gasteiger partial charge on any atom is 0.0468 e. The molecule has 0 radical (unpaired) electrons. The number of rotatable bonds is 6. The molecule has 1 aliphatic rings. The molecule has 0 N–H and O–H groups in total. The Bertz CT molecular complexity index is 3170. The monoisotopic (exact) mass is 739 g/mol. The van der Waals surface area contributed by atoms with E-state index in [1.54, 1.807) is 0 Å². The smallest absolute Gasteiger partial charge is 0.0468 e. The van der Waals surface area contributed by atoms with Gasteiger partial charge in [-0.1, -0.05) is 184 Å². The fourth-order valence-electron chi connectivity index (χ4n) is 9.59. The Balaban J connectivity index is 1.01. The molecule has 0 fully saturated rings. The van der Waals surface area contributed by atoms with Gasteiger partial charge >= 0.3 is 0 Å². The van der Waals surface area contributed by atoms with Crippen LogP contribution in [-0.2, 0) is 5.41 Å². The van der Waals surface area contributed by atoms with Gasteiger partial charge in [0.05, 0.1) is 0 Å². The van der Waals surface area contributed by atoms with Crippen LogP contribution in [0.15, 0.2) is 212 Å². The molecular weight excluding hydrogens is 699 g/mol. The summed E-state index contributed by atoms with van der Waals surface area (Å²) in [6.07, 6.45) is 0. The van der Waals surface area contributed by atoms with Gasteiger partial charge < -0.3 is 4.90 Å². The average Bonchev–Trinajstić information content (AvgIpc) is 3.53. The van der Waals surface area contributed by atoms with Crippen molar-refractivity contribution in [3.05, 3.63) is 223 Å². The van der Waals surface area contributed by atoms with E-state index in [4.69, 9.17) is 0 Å². The molecule has 0 amide bonds. The zero-order chi connectivity index (χ0) is 38.8. The Morgan fingerprint density at radius 1 is 0.310 bits per heavy atom. The van der Waals surface area contributed by atoms with E-state index in [2.05, 4.69) is 231 Å². The highest BCUT2D eigenvalue weighted by Crippen LogP contribution is 2.52. The highest BCUT2D eigenvalue weighted by atomic mass is 15.1. The lowest BCUT2D eigenvalue weighted by molar-refractivity contribution is 0.662. The highest BCUT2D eigenvalue weighted by Gasteiger charge is 2.37. The molecule has 58 heavy (non-hydrogen) atoms. The third-order valence-electron chi connectivity index (χ3n) is 12.4. The van der Waals surface area contributed by atoms with E-state index in [1.165, 1.54) is 88.0 Å². The van der Waals surface area contributed by atoms with Crippen molar-refractivity contribution in [3.63, 3.8) is 0 Å². The van der Waals surface area contributed by atoms with E-state index in [0.717, 1.165) is 17.1 Å². The van der Waals surface area contributed by atoms with Gasteiger partial charge in [0.25, 0.3) is 0 Å². The van der Waals surface area contributed by atoms with Gasteiger partial charge in [-0.15, -0.1) is 0 Å². The van der Waals surface area contributed by atoms with Crippen LogP contribution in [0.25, 0.3) is 76.8 Å². The molecule has 0 saturated carbocycles. The third kappa shape index (κ3) is 5.54. The third-order valence-corrected chi connectivity index (χ3v) is 12.4. The van der Waals surface area contributed by atoms with Crippen molar-refractivity contribution in [2.24, 2.45) is 0 Å². The second kappa shape index (κ2) is 13.5. The molecular formula is C57H41N. The van der Waals surface area contributed by atoms with Crippen LogP contribution in [0.3, 0.4) is 0 Å². The van der Waals surface area contributed by atoms with Gasteiger partial charge in [0, 0.05) is 22.5 Å². The van der Waals surface area contributed by atoms with Gasteiger partial charge in [0.2, 0.25) is 0 Å². The molecule has 0 spiro atoms. The Hall–Kier alpha value is -7.22. The maximum absolute atomic E-state index is 2.39. The Morgan fingerprint density at radius 2 is 0.862 bits per heavy atom. The summed E-state index contributed by atoms with van der Waals surface area (Å²) < 4.78 is 0. The quantitative estimate of drug-likeness (QED) is 0.154. The summed E-state index contributed by atoms with van der Waals surface area (Å²) in [6.45, 7) is 4.73. The minimum absolute atomic E-state index is 0.0857. The minimum Gasteiger partial charge on any atom is -0.310 e. The van der Waals surface area contributed by atoms with Crippen molar-refractivity contribution in [1.82, 2.24) is 0 Å². The van der Waals surface area contributed by atoms with Crippen LogP contribution in [0.1, 0.15) is 25.0 Å². The molecule has 0 aliphatic heterocycles. The minimum atomic E-state index is -0.0857. The van der Waals surface area contributed by atoms with Crippen molar-refractivity contribution < 1.29 is 0 Å². The number of fused-ring (bicyclic) bond motifs is 7. The number of benzene rings is 10. The van der Waals surface area contributed by atoms with Gasteiger partial charge in [-0.05, 0) is 130 Å². The van der Waals surface area contributed by atoms with E-state index in [9.17, 15) is 0 Å². The topological polar surface area (TPSA) is 3.24 Å². The molecule has 10 aromatic rings. The summed E-state index contributed by atoms with van der Waals surface area (Å²) in [6, 6.07) is 78.1. The van der Waals surface area contributed by atoms with Crippen LogP contribution in [0.2, 0.25) is 0 Å². The number of nitrogens with zero attached hydrogens (tertiary/aromatic N) is 1. The molecule has 0 unspecified atom stereocenters. The number of hydrogen-bond donors (Lipinski definition) is 0. The van der Waals surface area contributed by atoms with Crippen molar-refractivity contribution in [2.75, 3.05) is 4.90 Å². The molecule has 10 aromatic carbocycles. The van der Waals surface area contributed by atoms with E-state index in [1.807, 2.05) is 0 Å². The fourth-order valence-corrected chi connectivity index (χ4v) is 9.59. The molecule has 1 nitrogen and oxygen atoms in total. The van der Waals surface area contributed by atoms with Crippen molar-refractivity contribution in [3.8, 4) is 44.5 Å². The molecule has 11 rings (SSSR count). The maximum atomic E-state index is 2.39. The zero-order valence-corrected chi connectivity index (χ0v) is 32.7. The number of hydrogen-bond acceptors (Lipinski definition) is 1. The lowest BCUT2D eigenvalue weighted by Crippen LogP contribution is -2.16. The van der Waals surface area contributed by atoms with Crippen molar-refractivity contribution in [2.45, 2.75) is 19.3 Å². The van der Waals surface area contributed by atoms with Crippen LogP contribution >= 0.6 is 0 Å². The summed E-state index contributed by atoms with van der Waals surface area (Å²) in [5, 5.41) is 7.53. The summed E-state index contributed by atoms with van der Waals surface area (Å²) >= 11 is 0. The van der Waals surface area contributed by atoms with E-state index in [0.29, 0.717) is 0 Å². The van der Waals surface area contributed by atoms with E-state index < -0.39 is 0 Å². The molecule has 0 atom stereocenters. The molecule has 0 heterocycles. The zero-order valence-electron chi connectivity index (χ0n) is 32.7. The summed E-state index contributed by atoms with van der Waals surface area (Å²) in [4.78, 5) is 2.39. The van der Waals surface area contributed by atoms with Crippen LogP contribution in [0.4, 0.5) is 17.1 Å². The lowest BCUT2D eigenvalue weighted by Gasteiger charge is -2.27. The highest BCUT2D eigenvalue weighted by molar-refractivity contribution is 6.12. The first-order chi connectivity index (χ1) is 28.5. The SMILES string of the molecule is CC1(C)c2ccccc2-c2cccc(-c3ccc(N(c4ccc(-c5cccc6c5ccc5ccccc56)cc4)c4ccc5cc(-c6ccccc6)ccc5c4)cc3)c21. The standard InChI is InChI=1S/C57H41N/c1-57(2)55-21-9-8-16-53(55)54-20-11-18-50(56(54)57)41-26-32-46(33-27-41)58(47-34-28-43-36-42(22-23-44(43)37-47)38-12-4-3-5-13-38)45-30-24-40(25-31-45)49-17-10-19-51-48-15-7-6-14-39(48)29-35-52(49)51/h3-37H,1-2H3. The lowest BCUT2D eigenvalue weighted by atomic mass is 9.79. The van der Waals surface area contributed by atoms with Gasteiger partial charge in [-0.2, -0.15) is 0 Å². The predicted octanol–water partition coefficient (Wildman–Crippen LogP) is 15.9. The first-order valence-electron chi connectivity index (χ1n) is 20.3. The molecule has 274 valence electrons. The molecule has 0 aromatic heterocycles. The van der Waals surface area contributed by atoms with Gasteiger partial charge in [-0.3, -0.25) is 0 Å². The van der Waals surface area contributed by atoms with Gasteiger partial charge in [0.15, 0.2) is 0 Å². The van der Waals surface area contributed by atoms with Crippen LogP contribution in [0, 0.1) is 0 Å². The van der Waals surface area contributed by atoms with E-state index >= 15 is 0 Å². The van der Waals surface area contributed by atoms with E-state index in [-0.39, 0.29) is 5.41 Å². The first kappa shape index (κ1) is 34.1. The molecule has 1 heteroatoms. The average molecular weight is 740 g/mol. The second-order valence-electron chi connectivity index (χ2n) is 16.1. The molecule has 1 aliphatic carbocycles. The molecule has 0 bridgehead atoms. The normalized spacial score (nSPS) is 12.8. The number of anilines is 3. The van der Waals surface area contributed by atoms with Crippen LogP contribution in [-0.4, -0.2) is 0 Å². The van der Waals surface area contributed by atoms with Crippen LogP contribution in [0.5, 0.6) is 0 Å². The second-order valence-corrected chi connectivity index (χ2v) is 16.1. The first-order valence-corrected chi connectivity index (χ1v) is 20.3. The summed E-state index contributed by atoms with van der Waals surface area (Å²) in [5.41, 5.74) is 16.2. The van der Waals surface area contributed by atoms with Gasteiger partial charge in [0.1, 0.15) is 0 Å². The Morgan fingerprint density at radius 3 is 1.67 bits per heavy atom. The van der Waals surface area contributed by atoms with Gasteiger partial charge in [-0.25, -0.2) is 0 Å². The Kier molecular flexibility index (Phi) is 7.91. The fraction of sp³-hybridized carbons (Fsp3) is 0.0526. The summed E-state index contributed by atoms with van der Waals surface area (Å²) in [5.74, 6) is 0. The van der Waals surface area contributed by atoms with Crippen LogP contribution < -0.4 is 4.90 Å². The summed E-state index contributed by atoms with van der Waals surface area (Å²) in [7, 11) is 0. The Labute approximate surface area is 340 Å². The molecule has 0 saturated heterocycles. The largest absolute Gasteiger partial charge is 0.310 e. The predicted molar refractivity (Wildman–Crippen MR) is 248 cm³/mol. The van der Waals surface area contributed by atoms with Crippen molar-refractivity contribution in [1.29, 1.82) is 0 Å². The van der Waals surface area contributed by atoms with Crippen molar-refractivity contribution >= 4 is 49.4 Å².